The van der Waals surface area contributed by atoms with Crippen molar-refractivity contribution in [3.8, 4) is 0 Å². The fourth-order valence-corrected chi connectivity index (χ4v) is 1.35. The third-order valence-electron chi connectivity index (χ3n) is 1.88. The van der Waals surface area contributed by atoms with E-state index in [1.54, 1.807) is 0 Å². The first kappa shape index (κ1) is 12.0. The van der Waals surface area contributed by atoms with Crippen LogP contribution in [0.5, 0.6) is 0 Å². The van der Waals surface area contributed by atoms with Crippen molar-refractivity contribution in [2.24, 2.45) is 0 Å². The predicted octanol–water partition coefficient (Wildman–Crippen LogP) is 4.53. The van der Waals surface area contributed by atoms with Crippen molar-refractivity contribution in [2.45, 2.75) is 57.7 Å². The second kappa shape index (κ2) is 9.12. The molecule has 1 unspecified atom stereocenters. The van der Waals surface area contributed by atoms with Gasteiger partial charge in [-0.05, 0) is 12.8 Å². The fourth-order valence-electron chi connectivity index (χ4n) is 1.10. The summed E-state index contributed by atoms with van der Waals surface area (Å²) in [6.07, 6.45) is 11.7. The standard InChI is InChI=1S/C11H21Cl/c1-3-5-7-9-11(12)10-8-6-4-2/h7,9,11H,3-6,8,10H2,1-2H3/b9-7+. The Morgan fingerprint density at radius 1 is 1.17 bits per heavy atom. The number of hydrogen-bond donors (Lipinski definition) is 0. The van der Waals surface area contributed by atoms with Crippen LogP contribution >= 0.6 is 11.6 Å². The van der Waals surface area contributed by atoms with Gasteiger partial charge in [0.15, 0.2) is 0 Å². The van der Waals surface area contributed by atoms with Crippen molar-refractivity contribution in [3.05, 3.63) is 12.2 Å². The zero-order valence-corrected chi connectivity index (χ0v) is 9.11. The van der Waals surface area contributed by atoms with Crippen LogP contribution in [0.4, 0.5) is 0 Å². The van der Waals surface area contributed by atoms with Crippen LogP contribution in [0.25, 0.3) is 0 Å². The van der Waals surface area contributed by atoms with E-state index in [2.05, 4.69) is 26.0 Å². The summed E-state index contributed by atoms with van der Waals surface area (Å²) in [5.41, 5.74) is 0. The van der Waals surface area contributed by atoms with E-state index in [-0.39, 0.29) is 5.38 Å². The first-order valence-corrected chi connectivity index (χ1v) is 5.55. The van der Waals surface area contributed by atoms with Gasteiger partial charge < -0.3 is 0 Å². The number of alkyl halides is 1. The Hall–Kier alpha value is 0.0300. The quantitative estimate of drug-likeness (QED) is 0.313. The second-order valence-electron chi connectivity index (χ2n) is 3.23. The molecule has 72 valence electrons. The number of halogens is 1. The van der Waals surface area contributed by atoms with E-state index in [4.69, 9.17) is 11.6 Å². The molecule has 0 fully saturated rings. The van der Waals surface area contributed by atoms with Gasteiger partial charge in [0, 0.05) is 0 Å². The molecule has 0 spiro atoms. The summed E-state index contributed by atoms with van der Waals surface area (Å²) < 4.78 is 0. The molecule has 0 aromatic heterocycles. The number of hydrogen-bond acceptors (Lipinski definition) is 0. The van der Waals surface area contributed by atoms with Crippen LogP contribution in [0.1, 0.15) is 52.4 Å². The van der Waals surface area contributed by atoms with Crippen LogP contribution in [0.15, 0.2) is 12.2 Å². The monoisotopic (exact) mass is 188 g/mol. The molecule has 1 heteroatoms. The Kier molecular flexibility index (Phi) is 9.14. The molecule has 0 saturated carbocycles. The summed E-state index contributed by atoms with van der Waals surface area (Å²) in [4.78, 5) is 0. The topological polar surface area (TPSA) is 0 Å². The highest BCUT2D eigenvalue weighted by Crippen LogP contribution is 2.10. The molecule has 0 amide bonds. The van der Waals surface area contributed by atoms with E-state index < -0.39 is 0 Å². The van der Waals surface area contributed by atoms with Gasteiger partial charge in [-0.25, -0.2) is 0 Å². The van der Waals surface area contributed by atoms with Gasteiger partial charge in [0.1, 0.15) is 0 Å². The Morgan fingerprint density at radius 3 is 2.50 bits per heavy atom. The molecule has 0 aliphatic carbocycles. The van der Waals surface area contributed by atoms with Crippen molar-refractivity contribution in [1.29, 1.82) is 0 Å². The van der Waals surface area contributed by atoms with E-state index in [9.17, 15) is 0 Å². The first-order valence-electron chi connectivity index (χ1n) is 5.12. The molecule has 0 aliphatic heterocycles. The van der Waals surface area contributed by atoms with Gasteiger partial charge in [0.25, 0.3) is 0 Å². The molecule has 0 aromatic carbocycles. The molecule has 0 aromatic rings. The molecule has 0 aliphatic rings. The van der Waals surface area contributed by atoms with Gasteiger partial charge in [0.2, 0.25) is 0 Å². The fraction of sp³-hybridized carbons (Fsp3) is 0.818. The van der Waals surface area contributed by atoms with Crippen LogP contribution in [0, 0.1) is 0 Å². The van der Waals surface area contributed by atoms with E-state index >= 15 is 0 Å². The van der Waals surface area contributed by atoms with E-state index in [1.165, 1.54) is 25.7 Å². The lowest BCUT2D eigenvalue weighted by Crippen LogP contribution is -1.92. The molecule has 0 heterocycles. The van der Waals surface area contributed by atoms with Crippen LogP contribution in [0.3, 0.4) is 0 Å². The van der Waals surface area contributed by atoms with Gasteiger partial charge in [0.05, 0.1) is 5.38 Å². The number of unbranched alkanes of at least 4 members (excludes halogenated alkanes) is 3. The van der Waals surface area contributed by atoms with Crippen molar-refractivity contribution < 1.29 is 0 Å². The predicted molar refractivity (Wildman–Crippen MR) is 57.8 cm³/mol. The Balaban J connectivity index is 3.26. The van der Waals surface area contributed by atoms with E-state index in [1.807, 2.05) is 0 Å². The van der Waals surface area contributed by atoms with E-state index in [0.717, 1.165) is 12.8 Å². The Morgan fingerprint density at radius 2 is 1.92 bits per heavy atom. The van der Waals surface area contributed by atoms with Crippen LogP contribution < -0.4 is 0 Å². The maximum Gasteiger partial charge on any atom is 0.0516 e. The molecular weight excluding hydrogens is 168 g/mol. The maximum atomic E-state index is 6.07. The smallest absolute Gasteiger partial charge is 0.0516 e. The minimum absolute atomic E-state index is 0.267. The van der Waals surface area contributed by atoms with Crippen molar-refractivity contribution in [1.82, 2.24) is 0 Å². The summed E-state index contributed by atoms with van der Waals surface area (Å²) in [5.74, 6) is 0. The summed E-state index contributed by atoms with van der Waals surface area (Å²) >= 11 is 6.07. The molecule has 1 atom stereocenters. The van der Waals surface area contributed by atoms with Gasteiger partial charge >= 0.3 is 0 Å². The summed E-state index contributed by atoms with van der Waals surface area (Å²) in [6.45, 7) is 4.40. The number of allylic oxidation sites excluding steroid dienone is 2. The van der Waals surface area contributed by atoms with Gasteiger partial charge in [-0.3, -0.25) is 0 Å². The largest absolute Gasteiger partial charge is 0.118 e. The van der Waals surface area contributed by atoms with Gasteiger partial charge in [-0.1, -0.05) is 51.7 Å². The van der Waals surface area contributed by atoms with Crippen LogP contribution in [-0.2, 0) is 0 Å². The van der Waals surface area contributed by atoms with Crippen molar-refractivity contribution >= 4 is 11.6 Å². The molecule has 12 heavy (non-hydrogen) atoms. The van der Waals surface area contributed by atoms with Crippen LogP contribution in [0.2, 0.25) is 0 Å². The molecule has 0 saturated heterocycles. The zero-order valence-electron chi connectivity index (χ0n) is 8.35. The van der Waals surface area contributed by atoms with E-state index in [0.29, 0.717) is 0 Å². The summed E-state index contributed by atoms with van der Waals surface area (Å²) in [6, 6.07) is 0. The minimum Gasteiger partial charge on any atom is -0.118 e. The lowest BCUT2D eigenvalue weighted by Gasteiger charge is -2.02. The average molecular weight is 189 g/mol. The first-order chi connectivity index (χ1) is 5.81. The van der Waals surface area contributed by atoms with Gasteiger partial charge in [-0.15, -0.1) is 11.6 Å². The number of rotatable bonds is 7. The molecule has 0 bridgehead atoms. The molecule has 0 nitrogen and oxygen atoms in total. The van der Waals surface area contributed by atoms with Gasteiger partial charge in [-0.2, -0.15) is 0 Å². The molecule has 0 radical (unpaired) electrons. The Labute approximate surface area is 82.0 Å². The molecule has 0 rings (SSSR count). The molecule has 0 N–H and O–H groups in total. The van der Waals surface area contributed by atoms with Crippen molar-refractivity contribution in [2.75, 3.05) is 0 Å². The highest BCUT2D eigenvalue weighted by Gasteiger charge is 1.97. The summed E-state index contributed by atoms with van der Waals surface area (Å²) in [5, 5.41) is 0.267. The summed E-state index contributed by atoms with van der Waals surface area (Å²) in [7, 11) is 0. The third-order valence-corrected chi connectivity index (χ3v) is 2.25. The zero-order chi connectivity index (χ0) is 9.23. The third kappa shape index (κ3) is 8.13. The average Bonchev–Trinajstić information content (AvgIpc) is 2.06. The maximum absolute atomic E-state index is 6.07. The highest BCUT2D eigenvalue weighted by atomic mass is 35.5. The highest BCUT2D eigenvalue weighted by molar-refractivity contribution is 6.21. The lowest BCUT2D eigenvalue weighted by atomic mass is 10.1. The Bertz CT molecular complexity index is 108. The lowest BCUT2D eigenvalue weighted by molar-refractivity contribution is 0.677. The second-order valence-corrected chi connectivity index (χ2v) is 3.79. The normalized spacial score (nSPS) is 13.9. The van der Waals surface area contributed by atoms with Crippen LogP contribution in [-0.4, -0.2) is 5.38 Å². The molecular formula is C11H21Cl. The van der Waals surface area contributed by atoms with Crippen molar-refractivity contribution in [3.63, 3.8) is 0 Å². The minimum atomic E-state index is 0.267. The SMILES string of the molecule is CCC/C=C/C(Cl)CCCCC.